The van der Waals surface area contributed by atoms with E-state index in [0.717, 1.165) is 30.4 Å². The summed E-state index contributed by atoms with van der Waals surface area (Å²) in [6.45, 7) is 2.86. The zero-order chi connectivity index (χ0) is 13.6. The van der Waals surface area contributed by atoms with Gasteiger partial charge in [-0.05, 0) is 44.9 Å². The van der Waals surface area contributed by atoms with Crippen molar-refractivity contribution in [3.05, 3.63) is 0 Å². The summed E-state index contributed by atoms with van der Waals surface area (Å²) in [5.74, 6) is 0.0370. The van der Waals surface area contributed by atoms with Gasteiger partial charge in [0.1, 0.15) is 6.10 Å². The Morgan fingerprint density at radius 2 is 1.47 bits per heavy atom. The first kappa shape index (κ1) is 14.8. The van der Waals surface area contributed by atoms with Crippen molar-refractivity contribution in [3.63, 3.8) is 0 Å². The molecule has 1 aliphatic heterocycles. The monoisotopic (exact) mass is 268 g/mol. The number of quaternary nitrogens is 1. The Kier molecular flexibility index (Phi) is 5.68. The van der Waals surface area contributed by atoms with E-state index in [1.54, 1.807) is 0 Å². The zero-order valence-corrected chi connectivity index (χ0v) is 12.5. The molecule has 0 N–H and O–H groups in total. The third kappa shape index (κ3) is 5.13. The van der Waals surface area contributed by atoms with Gasteiger partial charge in [-0.3, -0.25) is 0 Å². The summed E-state index contributed by atoms with van der Waals surface area (Å²) >= 11 is 0. The second-order valence-corrected chi connectivity index (χ2v) is 6.74. The minimum atomic E-state index is 0.0370. The Morgan fingerprint density at radius 1 is 0.947 bits per heavy atom. The molecule has 0 spiro atoms. The number of piperidine rings is 1. The summed E-state index contributed by atoms with van der Waals surface area (Å²) in [6, 6.07) is 0. The van der Waals surface area contributed by atoms with Crippen molar-refractivity contribution in [1.82, 2.24) is 0 Å². The predicted octanol–water partition coefficient (Wildman–Crippen LogP) is 3.27. The number of carbonyl (C=O) groups is 1. The number of likely N-dealkylation sites (N-methyl/N-ethyl adjacent to an activating group) is 1. The number of hydrogen-bond donors (Lipinski definition) is 0. The van der Waals surface area contributed by atoms with E-state index in [1.165, 1.54) is 51.4 Å². The van der Waals surface area contributed by atoms with Crippen LogP contribution in [-0.2, 0) is 9.53 Å². The van der Waals surface area contributed by atoms with Gasteiger partial charge in [0.25, 0.3) is 0 Å². The number of nitrogens with zero attached hydrogens (tertiary/aromatic N) is 1. The first-order valence-electron chi connectivity index (χ1n) is 8.21. The smallest absolute Gasteiger partial charge is 0.362 e. The molecule has 2 rings (SSSR count). The van der Waals surface area contributed by atoms with Gasteiger partial charge in [0.15, 0.2) is 6.54 Å². The van der Waals surface area contributed by atoms with E-state index in [4.69, 9.17) is 4.74 Å². The van der Waals surface area contributed by atoms with E-state index in [2.05, 4.69) is 7.05 Å². The Balaban J connectivity index is 1.75. The maximum atomic E-state index is 12.1. The van der Waals surface area contributed by atoms with Crippen LogP contribution in [0.15, 0.2) is 0 Å². The van der Waals surface area contributed by atoms with Gasteiger partial charge in [-0.1, -0.05) is 19.3 Å². The Bertz CT molecular complexity index is 276. The molecule has 1 heterocycles. The van der Waals surface area contributed by atoms with E-state index >= 15 is 0 Å². The lowest BCUT2D eigenvalue weighted by atomic mass is 9.98. The SMILES string of the molecule is C[N+]1(CC(=O)OC2CCCCCCC2)CCCCC1. The molecule has 0 aromatic rings. The zero-order valence-electron chi connectivity index (χ0n) is 12.5. The molecule has 0 aromatic carbocycles. The molecule has 19 heavy (non-hydrogen) atoms. The van der Waals surface area contributed by atoms with E-state index in [1.807, 2.05) is 0 Å². The number of hydrogen-bond acceptors (Lipinski definition) is 2. The van der Waals surface area contributed by atoms with Crippen LogP contribution in [0.4, 0.5) is 0 Å². The quantitative estimate of drug-likeness (QED) is 0.580. The third-order valence-electron chi connectivity index (χ3n) is 4.76. The molecule has 0 bridgehead atoms. The molecule has 0 aromatic heterocycles. The highest BCUT2D eigenvalue weighted by molar-refractivity contribution is 5.70. The van der Waals surface area contributed by atoms with Crippen molar-refractivity contribution in [3.8, 4) is 0 Å². The molecule has 1 saturated heterocycles. The van der Waals surface area contributed by atoms with E-state index in [0.29, 0.717) is 6.54 Å². The molecule has 0 atom stereocenters. The summed E-state index contributed by atoms with van der Waals surface area (Å²) in [5, 5.41) is 0. The Morgan fingerprint density at radius 3 is 2.11 bits per heavy atom. The summed E-state index contributed by atoms with van der Waals surface area (Å²) in [7, 11) is 2.21. The Hall–Kier alpha value is -0.570. The van der Waals surface area contributed by atoms with Crippen LogP contribution in [0.1, 0.15) is 64.2 Å². The van der Waals surface area contributed by atoms with Crippen LogP contribution in [0.5, 0.6) is 0 Å². The first-order chi connectivity index (χ1) is 9.18. The molecule has 110 valence electrons. The summed E-state index contributed by atoms with van der Waals surface area (Å²) in [6.07, 6.45) is 12.6. The average Bonchev–Trinajstić information content (AvgIpc) is 2.32. The average molecular weight is 268 g/mol. The van der Waals surface area contributed by atoms with E-state index < -0.39 is 0 Å². The molecule has 3 heteroatoms. The van der Waals surface area contributed by atoms with Gasteiger partial charge in [0, 0.05) is 0 Å². The minimum absolute atomic E-state index is 0.0370. The third-order valence-corrected chi connectivity index (χ3v) is 4.76. The van der Waals surface area contributed by atoms with Crippen LogP contribution in [0.3, 0.4) is 0 Å². The number of likely N-dealkylation sites (tertiary alicyclic amines) is 1. The molecule has 1 saturated carbocycles. The van der Waals surface area contributed by atoms with Crippen LogP contribution in [0.2, 0.25) is 0 Å². The number of carbonyl (C=O) groups excluding carboxylic acids is 1. The van der Waals surface area contributed by atoms with Crippen LogP contribution >= 0.6 is 0 Å². The number of ether oxygens (including phenoxy) is 1. The van der Waals surface area contributed by atoms with Crippen molar-refractivity contribution < 1.29 is 14.0 Å². The van der Waals surface area contributed by atoms with Crippen LogP contribution in [-0.4, -0.2) is 43.2 Å². The highest BCUT2D eigenvalue weighted by atomic mass is 16.5. The van der Waals surface area contributed by atoms with Gasteiger partial charge in [0.05, 0.1) is 20.1 Å². The lowest BCUT2D eigenvalue weighted by molar-refractivity contribution is -0.907. The maximum Gasteiger partial charge on any atom is 0.362 e. The van der Waals surface area contributed by atoms with Crippen molar-refractivity contribution >= 4 is 5.97 Å². The molecule has 0 radical (unpaired) electrons. The molecular weight excluding hydrogens is 238 g/mol. The van der Waals surface area contributed by atoms with Crippen molar-refractivity contribution in [2.75, 3.05) is 26.7 Å². The van der Waals surface area contributed by atoms with Gasteiger partial charge in [-0.15, -0.1) is 0 Å². The fourth-order valence-electron chi connectivity index (χ4n) is 3.51. The fraction of sp³-hybridized carbons (Fsp3) is 0.938. The lowest BCUT2D eigenvalue weighted by Crippen LogP contribution is -2.51. The van der Waals surface area contributed by atoms with E-state index in [9.17, 15) is 4.79 Å². The van der Waals surface area contributed by atoms with Gasteiger partial charge >= 0.3 is 5.97 Å². The Labute approximate surface area is 117 Å². The van der Waals surface area contributed by atoms with Crippen molar-refractivity contribution in [2.45, 2.75) is 70.3 Å². The first-order valence-corrected chi connectivity index (χ1v) is 8.21. The number of esters is 1. The van der Waals surface area contributed by atoms with E-state index in [-0.39, 0.29) is 12.1 Å². The minimum Gasteiger partial charge on any atom is -0.458 e. The molecule has 0 unspecified atom stereocenters. The molecule has 2 aliphatic rings. The highest BCUT2D eigenvalue weighted by Crippen LogP contribution is 2.21. The predicted molar refractivity (Wildman–Crippen MR) is 76.8 cm³/mol. The van der Waals surface area contributed by atoms with Gasteiger partial charge in [-0.2, -0.15) is 0 Å². The van der Waals surface area contributed by atoms with Crippen LogP contribution < -0.4 is 0 Å². The summed E-state index contributed by atoms with van der Waals surface area (Å²) in [4.78, 5) is 12.1. The van der Waals surface area contributed by atoms with Crippen LogP contribution in [0.25, 0.3) is 0 Å². The van der Waals surface area contributed by atoms with Crippen molar-refractivity contribution in [1.29, 1.82) is 0 Å². The summed E-state index contributed by atoms with van der Waals surface area (Å²) < 4.78 is 6.63. The second-order valence-electron chi connectivity index (χ2n) is 6.74. The molecule has 1 aliphatic carbocycles. The van der Waals surface area contributed by atoms with Gasteiger partial charge in [-0.25, -0.2) is 4.79 Å². The number of rotatable bonds is 3. The fourth-order valence-corrected chi connectivity index (χ4v) is 3.51. The van der Waals surface area contributed by atoms with Crippen LogP contribution in [0, 0.1) is 0 Å². The topological polar surface area (TPSA) is 26.3 Å². The van der Waals surface area contributed by atoms with Crippen molar-refractivity contribution in [2.24, 2.45) is 0 Å². The second kappa shape index (κ2) is 7.28. The highest BCUT2D eigenvalue weighted by Gasteiger charge is 2.29. The standard InChI is InChI=1S/C16H30NO2/c1-17(12-8-5-9-13-17)14-16(18)19-15-10-6-3-2-4-7-11-15/h15H,2-14H2,1H3/q+1. The lowest BCUT2D eigenvalue weighted by Gasteiger charge is -2.37. The largest absolute Gasteiger partial charge is 0.458 e. The van der Waals surface area contributed by atoms with Gasteiger partial charge < -0.3 is 9.22 Å². The normalized spacial score (nSPS) is 25.3. The molecule has 0 amide bonds. The molecular formula is C16H30NO2+. The van der Waals surface area contributed by atoms with Gasteiger partial charge in [0.2, 0.25) is 0 Å². The molecule has 3 nitrogen and oxygen atoms in total. The maximum absolute atomic E-state index is 12.1. The summed E-state index contributed by atoms with van der Waals surface area (Å²) in [5.41, 5.74) is 0. The molecule has 2 fully saturated rings.